The van der Waals surface area contributed by atoms with Crippen LogP contribution in [0.15, 0.2) is 10.8 Å². The third-order valence-corrected chi connectivity index (χ3v) is 4.27. The van der Waals surface area contributed by atoms with E-state index in [4.69, 9.17) is 9.15 Å². The van der Waals surface area contributed by atoms with Crippen LogP contribution in [0.2, 0.25) is 0 Å². The predicted octanol–water partition coefficient (Wildman–Crippen LogP) is 3.09. The molecule has 1 atom stereocenters. The highest BCUT2D eigenvalue weighted by Crippen LogP contribution is 2.47. The molecule has 2 rings (SSSR count). The average molecular weight is 266 g/mol. The van der Waals surface area contributed by atoms with Gasteiger partial charge in [0.1, 0.15) is 5.76 Å². The first-order chi connectivity index (χ1) is 9.15. The predicted molar refractivity (Wildman–Crippen MR) is 75.1 cm³/mol. The van der Waals surface area contributed by atoms with Crippen LogP contribution in [0.5, 0.6) is 0 Å². The molecule has 1 saturated carbocycles. The Kier molecular flexibility index (Phi) is 4.99. The number of oxazole rings is 1. The molecule has 0 saturated heterocycles. The Morgan fingerprint density at radius 1 is 1.47 bits per heavy atom. The van der Waals surface area contributed by atoms with E-state index in [2.05, 4.69) is 24.1 Å². The van der Waals surface area contributed by atoms with Crippen LogP contribution in [-0.2, 0) is 11.3 Å². The van der Waals surface area contributed by atoms with Crippen LogP contribution < -0.4 is 5.32 Å². The maximum atomic E-state index is 5.71. The van der Waals surface area contributed by atoms with Crippen molar-refractivity contribution in [2.45, 2.75) is 52.0 Å². The normalized spacial score (nSPS) is 22.6. The lowest BCUT2D eigenvalue weighted by Crippen LogP contribution is -2.27. The van der Waals surface area contributed by atoms with E-state index < -0.39 is 0 Å². The zero-order chi connectivity index (χ0) is 13.7. The molecule has 0 aromatic carbocycles. The van der Waals surface area contributed by atoms with Crippen LogP contribution in [0, 0.1) is 5.41 Å². The number of nitrogens with zero attached hydrogens (tertiary/aromatic N) is 1. The molecule has 108 valence electrons. The lowest BCUT2D eigenvalue weighted by molar-refractivity contribution is 0.176. The molecule has 0 bridgehead atoms. The first-order valence-corrected chi connectivity index (χ1v) is 7.27. The van der Waals surface area contributed by atoms with Gasteiger partial charge in [-0.3, -0.25) is 0 Å². The van der Waals surface area contributed by atoms with Gasteiger partial charge in [-0.2, -0.15) is 0 Å². The summed E-state index contributed by atoms with van der Waals surface area (Å²) < 4.78 is 10.7. The Morgan fingerprint density at radius 3 is 3.05 bits per heavy atom. The highest BCUT2D eigenvalue weighted by atomic mass is 16.5. The van der Waals surface area contributed by atoms with Crippen molar-refractivity contribution in [3.8, 4) is 0 Å². The second-order valence-corrected chi connectivity index (χ2v) is 6.12. The Labute approximate surface area is 115 Å². The van der Waals surface area contributed by atoms with Crippen molar-refractivity contribution in [3.05, 3.63) is 17.8 Å². The van der Waals surface area contributed by atoms with Gasteiger partial charge in [0.05, 0.1) is 12.3 Å². The summed E-state index contributed by atoms with van der Waals surface area (Å²) in [5, 5.41) is 3.35. The van der Waals surface area contributed by atoms with Crippen molar-refractivity contribution in [2.75, 3.05) is 20.3 Å². The molecular formula is C15H26N2O2. The number of hydrogen-bond acceptors (Lipinski definition) is 4. The Hall–Kier alpha value is -0.870. The third-order valence-electron chi connectivity index (χ3n) is 4.27. The van der Waals surface area contributed by atoms with Crippen molar-refractivity contribution in [1.82, 2.24) is 10.3 Å². The lowest BCUT2D eigenvalue weighted by Gasteiger charge is -2.37. The van der Waals surface area contributed by atoms with Gasteiger partial charge in [0.2, 0.25) is 0 Å². The Balaban J connectivity index is 2.01. The highest BCUT2D eigenvalue weighted by molar-refractivity contribution is 5.16. The molecule has 1 aliphatic rings. The number of aromatic nitrogens is 1. The molecule has 1 aromatic heterocycles. The van der Waals surface area contributed by atoms with Gasteiger partial charge in [0.15, 0.2) is 6.39 Å². The zero-order valence-corrected chi connectivity index (χ0v) is 12.4. The van der Waals surface area contributed by atoms with Crippen molar-refractivity contribution in [3.63, 3.8) is 0 Å². The van der Waals surface area contributed by atoms with Gasteiger partial charge >= 0.3 is 0 Å². The van der Waals surface area contributed by atoms with E-state index in [0.717, 1.165) is 31.2 Å². The maximum absolute atomic E-state index is 5.71. The van der Waals surface area contributed by atoms with Gasteiger partial charge in [0, 0.05) is 26.1 Å². The molecule has 1 N–H and O–H groups in total. The first-order valence-electron chi connectivity index (χ1n) is 7.27. The fourth-order valence-electron chi connectivity index (χ4n) is 3.06. The van der Waals surface area contributed by atoms with E-state index in [0.29, 0.717) is 11.3 Å². The van der Waals surface area contributed by atoms with Gasteiger partial charge in [-0.25, -0.2) is 4.98 Å². The van der Waals surface area contributed by atoms with E-state index in [1.165, 1.54) is 25.7 Å². The van der Waals surface area contributed by atoms with Gasteiger partial charge in [-0.05, 0) is 18.3 Å². The largest absolute Gasteiger partial charge is 0.448 e. The minimum atomic E-state index is 0.319. The van der Waals surface area contributed by atoms with E-state index in [9.17, 15) is 0 Å². The number of methoxy groups -OCH3 is 1. The molecule has 0 amide bonds. The van der Waals surface area contributed by atoms with Crippen LogP contribution in [0.3, 0.4) is 0 Å². The smallest absolute Gasteiger partial charge is 0.181 e. The van der Waals surface area contributed by atoms with Crippen LogP contribution in [0.1, 0.15) is 56.9 Å². The number of nitrogens with one attached hydrogen (secondary N) is 1. The summed E-state index contributed by atoms with van der Waals surface area (Å²) in [6.45, 7) is 7.03. The molecule has 1 unspecified atom stereocenters. The van der Waals surface area contributed by atoms with Gasteiger partial charge in [-0.15, -0.1) is 0 Å². The van der Waals surface area contributed by atoms with Crippen LogP contribution in [0.25, 0.3) is 0 Å². The van der Waals surface area contributed by atoms with Gasteiger partial charge < -0.3 is 14.5 Å². The highest BCUT2D eigenvalue weighted by Gasteiger charge is 2.36. The lowest BCUT2D eigenvalue weighted by atomic mass is 9.67. The van der Waals surface area contributed by atoms with E-state index in [1.807, 2.05) is 0 Å². The van der Waals surface area contributed by atoms with Crippen LogP contribution in [0.4, 0.5) is 0 Å². The molecule has 1 fully saturated rings. The molecular weight excluding hydrogens is 240 g/mol. The SMILES string of the molecule is COCCNCc1ncoc1C1CCCCC1(C)C. The molecule has 1 heterocycles. The van der Waals surface area contributed by atoms with E-state index in [1.54, 1.807) is 13.5 Å². The Morgan fingerprint density at radius 2 is 2.32 bits per heavy atom. The fraction of sp³-hybridized carbons (Fsp3) is 0.800. The molecule has 4 nitrogen and oxygen atoms in total. The standard InChI is InChI=1S/C15H26N2O2/c1-15(2)7-5-4-6-12(15)14-13(17-11-19-14)10-16-8-9-18-3/h11-12,16H,4-10H2,1-3H3. The van der Waals surface area contributed by atoms with Crippen molar-refractivity contribution >= 4 is 0 Å². The number of rotatable bonds is 6. The van der Waals surface area contributed by atoms with Crippen LogP contribution in [-0.4, -0.2) is 25.2 Å². The molecule has 1 aromatic rings. The van der Waals surface area contributed by atoms with E-state index >= 15 is 0 Å². The summed E-state index contributed by atoms with van der Waals surface area (Å²) in [6, 6.07) is 0. The molecule has 0 aliphatic heterocycles. The molecule has 0 spiro atoms. The Bertz CT molecular complexity index is 387. The van der Waals surface area contributed by atoms with Gasteiger partial charge in [-0.1, -0.05) is 26.7 Å². The maximum Gasteiger partial charge on any atom is 0.181 e. The molecule has 1 aliphatic carbocycles. The molecule has 0 radical (unpaired) electrons. The second-order valence-electron chi connectivity index (χ2n) is 6.12. The van der Waals surface area contributed by atoms with E-state index in [-0.39, 0.29) is 0 Å². The summed E-state index contributed by atoms with van der Waals surface area (Å²) in [5.41, 5.74) is 1.38. The van der Waals surface area contributed by atoms with Crippen LogP contribution >= 0.6 is 0 Å². The summed E-state index contributed by atoms with van der Waals surface area (Å²) in [6.07, 6.45) is 6.71. The van der Waals surface area contributed by atoms with Gasteiger partial charge in [0.25, 0.3) is 0 Å². The molecule has 4 heteroatoms. The quantitative estimate of drug-likeness (QED) is 0.804. The number of hydrogen-bond donors (Lipinski definition) is 1. The third kappa shape index (κ3) is 3.57. The first kappa shape index (κ1) is 14.5. The molecule has 19 heavy (non-hydrogen) atoms. The summed E-state index contributed by atoms with van der Waals surface area (Å²) in [4.78, 5) is 4.38. The average Bonchev–Trinajstić information content (AvgIpc) is 2.82. The fourth-order valence-corrected chi connectivity index (χ4v) is 3.06. The summed E-state index contributed by atoms with van der Waals surface area (Å²) in [7, 11) is 1.72. The summed E-state index contributed by atoms with van der Waals surface area (Å²) >= 11 is 0. The topological polar surface area (TPSA) is 47.3 Å². The van der Waals surface area contributed by atoms with Crippen molar-refractivity contribution in [1.29, 1.82) is 0 Å². The minimum absolute atomic E-state index is 0.319. The van der Waals surface area contributed by atoms with Crippen molar-refractivity contribution in [2.24, 2.45) is 5.41 Å². The summed E-state index contributed by atoms with van der Waals surface area (Å²) in [5.74, 6) is 1.59. The minimum Gasteiger partial charge on any atom is -0.448 e. The monoisotopic (exact) mass is 266 g/mol. The number of ether oxygens (including phenoxy) is 1. The van der Waals surface area contributed by atoms with Crippen molar-refractivity contribution < 1.29 is 9.15 Å². The zero-order valence-electron chi connectivity index (χ0n) is 12.4. The second kappa shape index (κ2) is 6.53.